The average molecular weight is 227 g/mol. The highest BCUT2D eigenvalue weighted by atomic mass is 16.7. The van der Waals surface area contributed by atoms with Crippen molar-refractivity contribution in [3.63, 3.8) is 0 Å². The minimum atomic E-state index is -0.685. The number of ether oxygens (including phenoxy) is 3. The molecule has 0 radical (unpaired) electrons. The second kappa shape index (κ2) is 5.43. The summed E-state index contributed by atoms with van der Waals surface area (Å²) < 4.78 is 15.2. The summed E-state index contributed by atoms with van der Waals surface area (Å²) in [6, 6.07) is 4.25. The molecule has 0 fully saturated rings. The Bertz CT molecular complexity index is 375. The van der Waals surface area contributed by atoms with Crippen LogP contribution >= 0.6 is 0 Å². The molecule has 6 heteroatoms. The van der Waals surface area contributed by atoms with Gasteiger partial charge < -0.3 is 14.2 Å². The summed E-state index contributed by atoms with van der Waals surface area (Å²) in [6.07, 6.45) is -0.685. The van der Waals surface area contributed by atoms with Gasteiger partial charge in [0, 0.05) is 26.4 Å². The van der Waals surface area contributed by atoms with Crippen molar-refractivity contribution in [2.75, 3.05) is 21.3 Å². The van der Waals surface area contributed by atoms with E-state index in [4.69, 9.17) is 14.2 Å². The molecule has 16 heavy (non-hydrogen) atoms. The number of non-ortho nitro benzene ring substituents is 1. The summed E-state index contributed by atoms with van der Waals surface area (Å²) >= 11 is 0. The van der Waals surface area contributed by atoms with E-state index in [-0.39, 0.29) is 5.69 Å². The second-order valence-electron chi connectivity index (χ2n) is 2.99. The molecule has 0 aliphatic rings. The predicted molar refractivity (Wildman–Crippen MR) is 56.4 cm³/mol. The molecule has 0 amide bonds. The monoisotopic (exact) mass is 227 g/mol. The van der Waals surface area contributed by atoms with Gasteiger partial charge in [-0.1, -0.05) is 0 Å². The van der Waals surface area contributed by atoms with Crippen LogP contribution in [0, 0.1) is 10.1 Å². The maximum atomic E-state index is 10.6. The SMILES string of the molecule is COc1ccc([N+](=O)[O-])cc1C(OC)OC. The molecule has 0 N–H and O–H groups in total. The van der Waals surface area contributed by atoms with E-state index in [1.54, 1.807) is 0 Å². The first-order valence-electron chi connectivity index (χ1n) is 4.52. The van der Waals surface area contributed by atoms with Gasteiger partial charge in [-0.2, -0.15) is 0 Å². The quantitative estimate of drug-likeness (QED) is 0.436. The lowest BCUT2D eigenvalue weighted by molar-refractivity contribution is -0.385. The Kier molecular flexibility index (Phi) is 4.21. The maximum absolute atomic E-state index is 10.6. The van der Waals surface area contributed by atoms with E-state index in [0.717, 1.165) is 0 Å². The lowest BCUT2D eigenvalue weighted by atomic mass is 10.1. The second-order valence-corrected chi connectivity index (χ2v) is 2.99. The van der Waals surface area contributed by atoms with Crippen LogP contribution in [-0.4, -0.2) is 26.3 Å². The number of nitrogens with zero attached hydrogens (tertiary/aromatic N) is 1. The Balaban J connectivity index is 3.20. The summed E-state index contributed by atoms with van der Waals surface area (Å²) in [7, 11) is 4.38. The zero-order valence-electron chi connectivity index (χ0n) is 9.30. The van der Waals surface area contributed by atoms with Crippen LogP contribution in [0.5, 0.6) is 5.75 Å². The Morgan fingerprint density at radius 1 is 1.25 bits per heavy atom. The van der Waals surface area contributed by atoms with Gasteiger partial charge in [-0.05, 0) is 6.07 Å². The molecular weight excluding hydrogens is 214 g/mol. The van der Waals surface area contributed by atoms with E-state index >= 15 is 0 Å². The molecule has 88 valence electrons. The standard InChI is InChI=1S/C10H13NO5/c1-14-9-5-4-7(11(12)13)6-8(9)10(15-2)16-3/h4-6,10H,1-3H3. The van der Waals surface area contributed by atoms with E-state index in [0.29, 0.717) is 11.3 Å². The molecule has 0 aliphatic heterocycles. The van der Waals surface area contributed by atoms with Crippen molar-refractivity contribution >= 4 is 5.69 Å². The van der Waals surface area contributed by atoms with E-state index < -0.39 is 11.2 Å². The third kappa shape index (κ3) is 2.47. The van der Waals surface area contributed by atoms with Crippen LogP contribution in [0.4, 0.5) is 5.69 Å². The molecule has 1 aromatic rings. The molecule has 1 aromatic carbocycles. The molecule has 0 heterocycles. The molecule has 0 aliphatic carbocycles. The lowest BCUT2D eigenvalue weighted by Gasteiger charge is -2.16. The summed E-state index contributed by atoms with van der Waals surface area (Å²) in [4.78, 5) is 10.2. The summed E-state index contributed by atoms with van der Waals surface area (Å²) in [5.74, 6) is 0.485. The molecular formula is C10H13NO5. The van der Waals surface area contributed by atoms with Gasteiger partial charge in [-0.25, -0.2) is 0 Å². The van der Waals surface area contributed by atoms with Gasteiger partial charge in [0.1, 0.15) is 5.75 Å². The van der Waals surface area contributed by atoms with Crippen molar-refractivity contribution in [3.8, 4) is 5.75 Å². The lowest BCUT2D eigenvalue weighted by Crippen LogP contribution is -2.06. The van der Waals surface area contributed by atoms with Crippen LogP contribution in [0.3, 0.4) is 0 Å². The van der Waals surface area contributed by atoms with Crippen LogP contribution in [-0.2, 0) is 9.47 Å². The average Bonchev–Trinajstić information content (AvgIpc) is 2.30. The van der Waals surface area contributed by atoms with Crippen molar-refractivity contribution in [2.45, 2.75) is 6.29 Å². The van der Waals surface area contributed by atoms with Gasteiger partial charge >= 0.3 is 0 Å². The van der Waals surface area contributed by atoms with Gasteiger partial charge in [0.05, 0.1) is 17.6 Å². The van der Waals surface area contributed by atoms with Crippen LogP contribution in [0.25, 0.3) is 0 Å². The van der Waals surface area contributed by atoms with Gasteiger partial charge in [0.25, 0.3) is 5.69 Å². The van der Waals surface area contributed by atoms with Gasteiger partial charge in [0.2, 0.25) is 0 Å². The van der Waals surface area contributed by atoms with E-state index in [2.05, 4.69) is 0 Å². The minimum absolute atomic E-state index is 0.0325. The first-order chi connectivity index (χ1) is 7.63. The number of nitro benzene ring substituents is 1. The fraction of sp³-hybridized carbons (Fsp3) is 0.400. The normalized spacial score (nSPS) is 10.5. The zero-order chi connectivity index (χ0) is 12.1. The summed E-state index contributed by atoms with van der Waals surface area (Å²) in [6.45, 7) is 0. The number of benzene rings is 1. The smallest absolute Gasteiger partial charge is 0.270 e. The zero-order valence-corrected chi connectivity index (χ0v) is 9.30. The molecule has 6 nitrogen and oxygen atoms in total. The van der Waals surface area contributed by atoms with E-state index in [1.165, 1.54) is 39.5 Å². The highest BCUT2D eigenvalue weighted by Crippen LogP contribution is 2.31. The third-order valence-corrected chi connectivity index (χ3v) is 2.11. The Labute approximate surface area is 92.9 Å². The van der Waals surface area contributed by atoms with Crippen LogP contribution in [0.15, 0.2) is 18.2 Å². The predicted octanol–water partition coefficient (Wildman–Crippen LogP) is 1.89. The fourth-order valence-electron chi connectivity index (χ4n) is 1.37. The number of hydrogen-bond acceptors (Lipinski definition) is 5. The van der Waals surface area contributed by atoms with Crippen molar-refractivity contribution in [1.29, 1.82) is 0 Å². The van der Waals surface area contributed by atoms with Crippen molar-refractivity contribution in [2.24, 2.45) is 0 Å². The third-order valence-electron chi connectivity index (χ3n) is 2.11. The maximum Gasteiger partial charge on any atom is 0.270 e. The highest BCUT2D eigenvalue weighted by molar-refractivity contribution is 5.44. The molecule has 0 spiro atoms. The first-order valence-corrected chi connectivity index (χ1v) is 4.52. The summed E-state index contributed by atoms with van der Waals surface area (Å²) in [5, 5.41) is 10.6. The number of hydrogen-bond donors (Lipinski definition) is 0. The molecule has 0 atom stereocenters. The Hall–Kier alpha value is -1.66. The highest BCUT2D eigenvalue weighted by Gasteiger charge is 2.18. The largest absolute Gasteiger partial charge is 0.496 e. The van der Waals surface area contributed by atoms with Crippen LogP contribution < -0.4 is 4.74 Å². The molecule has 0 saturated heterocycles. The van der Waals surface area contributed by atoms with E-state index in [1.807, 2.05) is 0 Å². The summed E-state index contributed by atoms with van der Waals surface area (Å²) in [5.41, 5.74) is 0.455. The van der Waals surface area contributed by atoms with Gasteiger partial charge in [0.15, 0.2) is 6.29 Å². The van der Waals surface area contributed by atoms with E-state index in [9.17, 15) is 10.1 Å². The number of rotatable bonds is 5. The van der Waals surface area contributed by atoms with Crippen molar-refractivity contribution < 1.29 is 19.1 Å². The minimum Gasteiger partial charge on any atom is -0.496 e. The molecule has 0 unspecified atom stereocenters. The van der Waals surface area contributed by atoms with Crippen LogP contribution in [0.1, 0.15) is 11.9 Å². The van der Waals surface area contributed by atoms with Crippen molar-refractivity contribution in [1.82, 2.24) is 0 Å². The van der Waals surface area contributed by atoms with Gasteiger partial charge in [-0.3, -0.25) is 10.1 Å². The van der Waals surface area contributed by atoms with Crippen LogP contribution in [0.2, 0.25) is 0 Å². The Morgan fingerprint density at radius 2 is 1.88 bits per heavy atom. The van der Waals surface area contributed by atoms with Gasteiger partial charge in [-0.15, -0.1) is 0 Å². The molecule has 0 saturated carbocycles. The number of methoxy groups -OCH3 is 3. The topological polar surface area (TPSA) is 70.8 Å². The number of nitro groups is 1. The fourth-order valence-corrected chi connectivity index (χ4v) is 1.37. The Morgan fingerprint density at radius 3 is 2.31 bits per heavy atom. The molecule has 0 aromatic heterocycles. The first kappa shape index (κ1) is 12.4. The van der Waals surface area contributed by atoms with Crippen molar-refractivity contribution in [3.05, 3.63) is 33.9 Å². The molecule has 1 rings (SSSR count). The molecule has 0 bridgehead atoms.